The van der Waals surface area contributed by atoms with Gasteiger partial charge in [-0.15, -0.1) is 24.0 Å². The summed E-state index contributed by atoms with van der Waals surface area (Å²) >= 11 is 0. The molecule has 0 aliphatic rings. The number of aryl methyl sites for hydroxylation is 1. The van der Waals surface area contributed by atoms with Gasteiger partial charge in [-0.05, 0) is 36.6 Å². The number of nitrogens with zero attached hydrogens (tertiary/aromatic N) is 2. The molecule has 0 bridgehead atoms. The Morgan fingerprint density at radius 1 is 1.32 bits per heavy atom. The van der Waals surface area contributed by atoms with Crippen molar-refractivity contribution in [1.82, 2.24) is 15.8 Å². The predicted octanol–water partition coefficient (Wildman–Crippen LogP) is 2.65. The standard InChI is InChI=1S/C15H19FN4O.HI/c1-11-9-13(16)4-3-12(11)5-7-18-15(17-2)19-10-14-6-8-21-20-14;/h3-4,6,8-9H,5,7,10H2,1-2H3,(H2,17,18,19);1H. The maximum atomic E-state index is 13.0. The third-order valence-corrected chi connectivity index (χ3v) is 3.14. The molecule has 2 N–H and O–H groups in total. The normalized spacial score (nSPS) is 11.0. The monoisotopic (exact) mass is 418 g/mol. The van der Waals surface area contributed by atoms with Crippen LogP contribution >= 0.6 is 24.0 Å². The van der Waals surface area contributed by atoms with Gasteiger partial charge in [-0.1, -0.05) is 11.2 Å². The summed E-state index contributed by atoms with van der Waals surface area (Å²) in [5.41, 5.74) is 2.89. The molecule has 7 heteroatoms. The van der Waals surface area contributed by atoms with Crippen molar-refractivity contribution in [3.05, 3.63) is 53.2 Å². The molecule has 0 unspecified atom stereocenters. The quantitative estimate of drug-likeness (QED) is 0.446. The van der Waals surface area contributed by atoms with Crippen molar-refractivity contribution in [1.29, 1.82) is 0 Å². The van der Waals surface area contributed by atoms with Gasteiger partial charge in [0.05, 0.1) is 6.54 Å². The highest BCUT2D eigenvalue weighted by Crippen LogP contribution is 2.10. The van der Waals surface area contributed by atoms with E-state index in [1.807, 2.05) is 13.0 Å². The fourth-order valence-electron chi connectivity index (χ4n) is 1.98. The molecule has 2 rings (SSSR count). The lowest BCUT2D eigenvalue weighted by Gasteiger charge is -2.11. The van der Waals surface area contributed by atoms with E-state index >= 15 is 0 Å². The van der Waals surface area contributed by atoms with Gasteiger partial charge in [0.25, 0.3) is 0 Å². The van der Waals surface area contributed by atoms with Gasteiger partial charge in [0, 0.05) is 19.7 Å². The number of aliphatic imine (C=N–C) groups is 1. The second-order valence-electron chi connectivity index (χ2n) is 4.66. The van der Waals surface area contributed by atoms with Crippen LogP contribution in [-0.2, 0) is 13.0 Å². The summed E-state index contributed by atoms with van der Waals surface area (Å²) in [5, 5.41) is 10.2. The van der Waals surface area contributed by atoms with E-state index in [-0.39, 0.29) is 29.8 Å². The topological polar surface area (TPSA) is 62.5 Å². The zero-order valence-electron chi connectivity index (χ0n) is 12.6. The van der Waals surface area contributed by atoms with Crippen molar-refractivity contribution in [3.63, 3.8) is 0 Å². The molecular weight excluding hydrogens is 398 g/mol. The Balaban J connectivity index is 0.00000242. The Bertz CT molecular complexity index is 602. The van der Waals surface area contributed by atoms with Crippen LogP contribution in [-0.4, -0.2) is 24.7 Å². The Morgan fingerprint density at radius 3 is 2.77 bits per heavy atom. The molecule has 0 aliphatic carbocycles. The molecule has 0 fully saturated rings. The molecule has 1 aromatic heterocycles. The van der Waals surface area contributed by atoms with Crippen molar-refractivity contribution in [3.8, 4) is 0 Å². The first-order valence-electron chi connectivity index (χ1n) is 6.78. The van der Waals surface area contributed by atoms with Gasteiger partial charge in [-0.2, -0.15) is 0 Å². The van der Waals surface area contributed by atoms with Crippen LogP contribution in [0.1, 0.15) is 16.8 Å². The highest BCUT2D eigenvalue weighted by Gasteiger charge is 2.02. The molecule has 0 spiro atoms. The van der Waals surface area contributed by atoms with Crippen LogP contribution in [0.2, 0.25) is 0 Å². The Morgan fingerprint density at radius 2 is 2.14 bits per heavy atom. The molecule has 5 nitrogen and oxygen atoms in total. The average molecular weight is 418 g/mol. The van der Waals surface area contributed by atoms with Gasteiger partial charge in [-0.25, -0.2) is 4.39 Å². The molecule has 0 radical (unpaired) electrons. The minimum Gasteiger partial charge on any atom is -0.364 e. The van der Waals surface area contributed by atoms with E-state index < -0.39 is 0 Å². The summed E-state index contributed by atoms with van der Waals surface area (Å²) in [6.07, 6.45) is 2.33. The lowest BCUT2D eigenvalue weighted by atomic mass is 10.1. The van der Waals surface area contributed by atoms with Crippen LogP contribution in [0.3, 0.4) is 0 Å². The van der Waals surface area contributed by atoms with Crippen LogP contribution in [0.25, 0.3) is 0 Å². The number of guanidine groups is 1. The molecule has 0 atom stereocenters. The van der Waals surface area contributed by atoms with Gasteiger partial charge >= 0.3 is 0 Å². The lowest BCUT2D eigenvalue weighted by molar-refractivity contribution is 0.410. The molecule has 22 heavy (non-hydrogen) atoms. The number of halogens is 2. The van der Waals surface area contributed by atoms with Crippen molar-refractivity contribution in [2.45, 2.75) is 19.9 Å². The fourth-order valence-corrected chi connectivity index (χ4v) is 1.98. The van der Waals surface area contributed by atoms with Crippen molar-refractivity contribution in [2.24, 2.45) is 4.99 Å². The zero-order valence-corrected chi connectivity index (χ0v) is 14.9. The molecule has 1 aromatic carbocycles. The number of benzene rings is 1. The molecular formula is C15H20FIN4O. The predicted molar refractivity (Wildman–Crippen MR) is 95.0 cm³/mol. The summed E-state index contributed by atoms with van der Waals surface area (Å²) in [5.74, 6) is 0.493. The van der Waals surface area contributed by atoms with Gasteiger partial charge in [0.15, 0.2) is 5.96 Å². The first-order chi connectivity index (χ1) is 10.2. The summed E-state index contributed by atoms with van der Waals surface area (Å²) < 4.78 is 17.8. The summed E-state index contributed by atoms with van der Waals surface area (Å²) in [4.78, 5) is 4.13. The number of nitrogens with one attached hydrogen (secondary N) is 2. The summed E-state index contributed by atoms with van der Waals surface area (Å²) in [7, 11) is 1.71. The Kier molecular flexibility index (Phi) is 7.86. The number of aromatic nitrogens is 1. The molecule has 2 aromatic rings. The van der Waals surface area contributed by atoms with Gasteiger partial charge in [0.2, 0.25) is 0 Å². The summed E-state index contributed by atoms with van der Waals surface area (Å²) in [6, 6.07) is 6.65. The smallest absolute Gasteiger partial charge is 0.191 e. The average Bonchev–Trinajstić information content (AvgIpc) is 2.98. The van der Waals surface area contributed by atoms with Crippen LogP contribution < -0.4 is 10.6 Å². The minimum absolute atomic E-state index is 0. The first-order valence-corrected chi connectivity index (χ1v) is 6.78. The molecule has 0 saturated heterocycles. The van der Waals surface area contributed by atoms with Crippen molar-refractivity contribution in [2.75, 3.05) is 13.6 Å². The first kappa shape index (κ1) is 18.4. The second-order valence-corrected chi connectivity index (χ2v) is 4.66. The SMILES string of the molecule is CN=C(NCCc1ccc(F)cc1C)NCc1ccon1.I. The number of hydrogen-bond donors (Lipinski definition) is 2. The van der Waals surface area contributed by atoms with E-state index in [9.17, 15) is 4.39 Å². The van der Waals surface area contributed by atoms with Gasteiger partial charge in [-0.3, -0.25) is 4.99 Å². The van der Waals surface area contributed by atoms with Crippen molar-refractivity contribution < 1.29 is 8.91 Å². The summed E-state index contributed by atoms with van der Waals surface area (Å²) in [6.45, 7) is 3.17. The second kappa shape index (κ2) is 9.39. The Hall–Kier alpha value is -1.64. The molecule has 0 saturated carbocycles. The molecule has 0 amide bonds. The molecule has 120 valence electrons. The van der Waals surface area contributed by atoms with E-state index in [2.05, 4.69) is 20.8 Å². The highest BCUT2D eigenvalue weighted by molar-refractivity contribution is 14.0. The molecule has 0 aliphatic heterocycles. The maximum Gasteiger partial charge on any atom is 0.191 e. The minimum atomic E-state index is -0.200. The van der Waals surface area contributed by atoms with E-state index in [0.717, 1.165) is 23.2 Å². The zero-order chi connectivity index (χ0) is 15.1. The number of hydrogen-bond acceptors (Lipinski definition) is 3. The lowest BCUT2D eigenvalue weighted by Crippen LogP contribution is -2.38. The van der Waals surface area contributed by atoms with Crippen LogP contribution in [0.5, 0.6) is 0 Å². The molecule has 1 heterocycles. The van der Waals surface area contributed by atoms with E-state index in [4.69, 9.17) is 4.52 Å². The third kappa shape index (κ3) is 5.63. The maximum absolute atomic E-state index is 13.0. The van der Waals surface area contributed by atoms with Crippen molar-refractivity contribution >= 4 is 29.9 Å². The highest BCUT2D eigenvalue weighted by atomic mass is 127. The van der Waals surface area contributed by atoms with Crippen LogP contribution in [0, 0.1) is 12.7 Å². The van der Waals surface area contributed by atoms with Gasteiger partial charge in [0.1, 0.15) is 17.8 Å². The largest absolute Gasteiger partial charge is 0.364 e. The number of rotatable bonds is 5. The van der Waals surface area contributed by atoms with Crippen LogP contribution in [0.4, 0.5) is 4.39 Å². The Labute approximate surface area is 146 Å². The fraction of sp³-hybridized carbons (Fsp3) is 0.333. The third-order valence-electron chi connectivity index (χ3n) is 3.14. The van der Waals surface area contributed by atoms with E-state index in [1.54, 1.807) is 19.2 Å². The van der Waals surface area contributed by atoms with Crippen LogP contribution in [0.15, 0.2) is 40.0 Å². The van der Waals surface area contributed by atoms with Gasteiger partial charge < -0.3 is 15.2 Å². The van der Waals surface area contributed by atoms with E-state index in [0.29, 0.717) is 19.0 Å². The van der Waals surface area contributed by atoms with E-state index in [1.165, 1.54) is 12.3 Å².